The van der Waals surface area contributed by atoms with Crippen molar-refractivity contribution in [2.45, 2.75) is 32.9 Å². The van der Waals surface area contributed by atoms with E-state index in [0.29, 0.717) is 6.61 Å². The SMILES string of the molecule is Cc1cc(COc2cccc(CC(C)N)c2)on1. The van der Waals surface area contributed by atoms with E-state index >= 15 is 0 Å². The van der Waals surface area contributed by atoms with Gasteiger partial charge in [-0.25, -0.2) is 0 Å². The normalized spacial score (nSPS) is 12.4. The van der Waals surface area contributed by atoms with Crippen LogP contribution in [-0.2, 0) is 13.0 Å². The van der Waals surface area contributed by atoms with Gasteiger partial charge in [-0.15, -0.1) is 0 Å². The van der Waals surface area contributed by atoms with Crippen molar-refractivity contribution < 1.29 is 9.26 Å². The molecule has 0 radical (unpaired) electrons. The highest BCUT2D eigenvalue weighted by Gasteiger charge is 2.03. The molecule has 0 fully saturated rings. The van der Waals surface area contributed by atoms with Crippen molar-refractivity contribution in [2.75, 3.05) is 0 Å². The Bertz CT molecular complexity index is 506. The Hall–Kier alpha value is -1.81. The monoisotopic (exact) mass is 246 g/mol. The summed E-state index contributed by atoms with van der Waals surface area (Å²) >= 11 is 0. The maximum Gasteiger partial charge on any atom is 0.174 e. The maximum atomic E-state index is 5.78. The minimum atomic E-state index is 0.150. The molecule has 4 heteroatoms. The van der Waals surface area contributed by atoms with Crippen LogP contribution >= 0.6 is 0 Å². The van der Waals surface area contributed by atoms with Gasteiger partial charge in [-0.2, -0.15) is 0 Å². The molecule has 0 saturated carbocycles. The molecular formula is C14H18N2O2. The van der Waals surface area contributed by atoms with Gasteiger partial charge < -0.3 is 15.0 Å². The van der Waals surface area contributed by atoms with Gasteiger partial charge in [0.2, 0.25) is 0 Å². The summed E-state index contributed by atoms with van der Waals surface area (Å²) in [5.74, 6) is 1.55. The standard InChI is InChI=1S/C14H18N2O2/c1-10(15)6-12-4-3-5-13(8-12)17-9-14-7-11(2)16-18-14/h3-5,7-8,10H,6,9,15H2,1-2H3. The average Bonchev–Trinajstić information content (AvgIpc) is 2.72. The molecule has 1 atom stereocenters. The van der Waals surface area contributed by atoms with Gasteiger partial charge in [-0.05, 0) is 38.0 Å². The molecule has 1 aromatic carbocycles. The van der Waals surface area contributed by atoms with Crippen LogP contribution in [0.25, 0.3) is 0 Å². The quantitative estimate of drug-likeness (QED) is 0.880. The highest BCUT2D eigenvalue weighted by Crippen LogP contribution is 2.16. The third-order valence-corrected chi connectivity index (χ3v) is 2.51. The van der Waals surface area contributed by atoms with Crippen LogP contribution in [0.2, 0.25) is 0 Å². The number of benzene rings is 1. The fraction of sp³-hybridized carbons (Fsp3) is 0.357. The van der Waals surface area contributed by atoms with E-state index < -0.39 is 0 Å². The first-order chi connectivity index (χ1) is 8.63. The Morgan fingerprint density at radius 1 is 1.39 bits per heavy atom. The highest BCUT2D eigenvalue weighted by molar-refractivity contribution is 5.29. The van der Waals surface area contributed by atoms with Crippen LogP contribution in [0.3, 0.4) is 0 Å². The van der Waals surface area contributed by atoms with Crippen molar-refractivity contribution in [1.29, 1.82) is 0 Å². The molecule has 0 saturated heterocycles. The smallest absolute Gasteiger partial charge is 0.174 e. The molecule has 0 bridgehead atoms. The van der Waals surface area contributed by atoms with E-state index in [9.17, 15) is 0 Å². The molecule has 2 N–H and O–H groups in total. The number of rotatable bonds is 5. The number of aromatic nitrogens is 1. The molecular weight excluding hydrogens is 228 g/mol. The second-order valence-electron chi connectivity index (χ2n) is 4.55. The number of nitrogens with two attached hydrogens (primary N) is 1. The minimum Gasteiger partial charge on any atom is -0.486 e. The zero-order chi connectivity index (χ0) is 13.0. The first-order valence-electron chi connectivity index (χ1n) is 6.03. The van der Waals surface area contributed by atoms with Crippen molar-refractivity contribution in [3.8, 4) is 5.75 Å². The van der Waals surface area contributed by atoms with Gasteiger partial charge in [-0.3, -0.25) is 0 Å². The Morgan fingerprint density at radius 2 is 2.22 bits per heavy atom. The lowest BCUT2D eigenvalue weighted by molar-refractivity contribution is 0.248. The lowest BCUT2D eigenvalue weighted by Crippen LogP contribution is -2.17. The van der Waals surface area contributed by atoms with Crippen LogP contribution in [0, 0.1) is 6.92 Å². The molecule has 0 spiro atoms. The molecule has 2 rings (SSSR count). The maximum absolute atomic E-state index is 5.78. The molecule has 1 heterocycles. The molecule has 0 aliphatic heterocycles. The number of nitrogens with zero attached hydrogens (tertiary/aromatic N) is 1. The minimum absolute atomic E-state index is 0.150. The van der Waals surface area contributed by atoms with E-state index in [1.807, 2.05) is 38.1 Å². The van der Waals surface area contributed by atoms with Gasteiger partial charge in [0.25, 0.3) is 0 Å². The fourth-order valence-electron chi connectivity index (χ4n) is 1.77. The molecule has 1 aromatic heterocycles. The first kappa shape index (κ1) is 12.6. The highest BCUT2D eigenvalue weighted by atomic mass is 16.5. The number of ether oxygens (including phenoxy) is 1. The fourth-order valence-corrected chi connectivity index (χ4v) is 1.77. The van der Waals surface area contributed by atoms with Crippen molar-refractivity contribution >= 4 is 0 Å². The van der Waals surface area contributed by atoms with Crippen molar-refractivity contribution in [2.24, 2.45) is 5.73 Å². The molecule has 4 nitrogen and oxygen atoms in total. The Kier molecular flexibility index (Phi) is 3.99. The number of hydrogen-bond acceptors (Lipinski definition) is 4. The van der Waals surface area contributed by atoms with Gasteiger partial charge in [-0.1, -0.05) is 17.3 Å². The second kappa shape index (κ2) is 5.69. The number of hydrogen-bond donors (Lipinski definition) is 1. The Balaban J connectivity index is 1.96. The van der Waals surface area contributed by atoms with Gasteiger partial charge in [0.05, 0.1) is 5.69 Å². The molecule has 18 heavy (non-hydrogen) atoms. The number of aryl methyl sites for hydroxylation is 1. The van der Waals surface area contributed by atoms with E-state index in [-0.39, 0.29) is 6.04 Å². The van der Waals surface area contributed by atoms with Crippen LogP contribution in [0.1, 0.15) is 23.9 Å². The van der Waals surface area contributed by atoms with Crippen LogP contribution in [0.5, 0.6) is 5.75 Å². The molecule has 0 aliphatic carbocycles. The summed E-state index contributed by atoms with van der Waals surface area (Å²) in [5, 5.41) is 3.81. The lowest BCUT2D eigenvalue weighted by atomic mass is 10.1. The van der Waals surface area contributed by atoms with E-state index in [2.05, 4.69) is 11.2 Å². The van der Waals surface area contributed by atoms with Crippen LogP contribution in [0.15, 0.2) is 34.9 Å². The van der Waals surface area contributed by atoms with E-state index in [1.54, 1.807) is 0 Å². The summed E-state index contributed by atoms with van der Waals surface area (Å²) in [5.41, 5.74) is 7.82. The third kappa shape index (κ3) is 3.60. The molecule has 0 aliphatic rings. The zero-order valence-electron chi connectivity index (χ0n) is 10.7. The largest absolute Gasteiger partial charge is 0.486 e. The first-order valence-corrected chi connectivity index (χ1v) is 6.03. The van der Waals surface area contributed by atoms with Crippen molar-refractivity contribution in [3.05, 3.63) is 47.3 Å². The van der Waals surface area contributed by atoms with Crippen molar-refractivity contribution in [1.82, 2.24) is 5.16 Å². The third-order valence-electron chi connectivity index (χ3n) is 2.51. The van der Waals surface area contributed by atoms with Gasteiger partial charge in [0.1, 0.15) is 12.4 Å². The lowest BCUT2D eigenvalue weighted by Gasteiger charge is -2.08. The second-order valence-corrected chi connectivity index (χ2v) is 4.55. The summed E-state index contributed by atoms with van der Waals surface area (Å²) < 4.78 is 10.7. The molecule has 96 valence electrons. The summed E-state index contributed by atoms with van der Waals surface area (Å²) in [6, 6.07) is 9.97. The molecule has 1 unspecified atom stereocenters. The summed E-state index contributed by atoms with van der Waals surface area (Å²) in [7, 11) is 0. The summed E-state index contributed by atoms with van der Waals surface area (Å²) in [6.45, 7) is 4.27. The Labute approximate surface area is 107 Å². The summed E-state index contributed by atoms with van der Waals surface area (Å²) in [4.78, 5) is 0. The average molecular weight is 246 g/mol. The van der Waals surface area contributed by atoms with Crippen LogP contribution in [0.4, 0.5) is 0 Å². The van der Waals surface area contributed by atoms with Crippen LogP contribution < -0.4 is 10.5 Å². The Morgan fingerprint density at radius 3 is 2.89 bits per heavy atom. The van der Waals surface area contributed by atoms with E-state index in [1.165, 1.54) is 5.56 Å². The predicted octanol–water partition coefficient (Wildman–Crippen LogP) is 2.45. The topological polar surface area (TPSA) is 61.3 Å². The predicted molar refractivity (Wildman–Crippen MR) is 69.4 cm³/mol. The van der Waals surface area contributed by atoms with Crippen molar-refractivity contribution in [3.63, 3.8) is 0 Å². The van der Waals surface area contributed by atoms with E-state index in [0.717, 1.165) is 23.6 Å². The molecule has 2 aromatic rings. The zero-order valence-corrected chi connectivity index (χ0v) is 10.7. The van der Waals surface area contributed by atoms with Crippen LogP contribution in [-0.4, -0.2) is 11.2 Å². The van der Waals surface area contributed by atoms with Gasteiger partial charge in [0.15, 0.2) is 5.76 Å². The van der Waals surface area contributed by atoms with E-state index in [4.69, 9.17) is 15.0 Å². The van der Waals surface area contributed by atoms with Gasteiger partial charge in [0, 0.05) is 12.1 Å². The summed E-state index contributed by atoms with van der Waals surface area (Å²) in [6.07, 6.45) is 0.846. The molecule has 0 amide bonds. The van der Waals surface area contributed by atoms with Gasteiger partial charge >= 0.3 is 0 Å².